The predicted octanol–water partition coefficient (Wildman–Crippen LogP) is 3.46. The number of rotatable bonds is 5. The van der Waals surface area contributed by atoms with E-state index < -0.39 is 0 Å². The third-order valence-corrected chi connectivity index (χ3v) is 3.52. The molecular weight excluding hydrogens is 236 g/mol. The van der Waals surface area contributed by atoms with Gasteiger partial charge in [-0.2, -0.15) is 5.26 Å². The summed E-state index contributed by atoms with van der Waals surface area (Å²) in [6, 6.07) is 10.4. The normalized spacial score (nSPS) is 11.7. The second-order valence-electron chi connectivity index (χ2n) is 5.66. The van der Waals surface area contributed by atoms with Gasteiger partial charge in [0.15, 0.2) is 0 Å². The van der Waals surface area contributed by atoms with Crippen molar-refractivity contribution in [2.45, 2.75) is 39.8 Å². The van der Waals surface area contributed by atoms with Crippen LogP contribution in [0.25, 0.3) is 10.9 Å². The number of hydrogen-bond acceptors (Lipinski definition) is 2. The van der Waals surface area contributed by atoms with Crippen LogP contribution in [0, 0.1) is 16.7 Å². The van der Waals surface area contributed by atoms with E-state index in [1.165, 1.54) is 5.52 Å². The van der Waals surface area contributed by atoms with Crippen LogP contribution < -0.4 is 0 Å². The van der Waals surface area contributed by atoms with Crippen LogP contribution in [0.15, 0.2) is 30.5 Å². The molecule has 19 heavy (non-hydrogen) atoms. The zero-order chi connectivity index (χ0) is 13.9. The molecule has 0 amide bonds. The summed E-state index contributed by atoms with van der Waals surface area (Å²) in [5, 5.41) is 19.3. The van der Waals surface area contributed by atoms with Crippen LogP contribution in [0.2, 0.25) is 0 Å². The summed E-state index contributed by atoms with van der Waals surface area (Å²) < 4.78 is 2.21. The smallest absolute Gasteiger partial charge is 0.0683 e. The molecule has 0 aliphatic carbocycles. The molecule has 3 heteroatoms. The Morgan fingerprint density at radius 3 is 2.79 bits per heavy atom. The highest BCUT2D eigenvalue weighted by Crippen LogP contribution is 2.23. The number of aliphatic hydroxyl groups excluding tert-OH is 1. The third-order valence-electron chi connectivity index (χ3n) is 3.52. The SMILES string of the molecule is CC(C)(C#N)CCCn1ccc2cc(CO)ccc21. The molecular formula is C16H20N2O. The average molecular weight is 256 g/mol. The zero-order valence-electron chi connectivity index (χ0n) is 11.6. The molecule has 2 rings (SSSR count). The van der Waals surface area contributed by atoms with Gasteiger partial charge in [-0.1, -0.05) is 6.07 Å². The second-order valence-corrected chi connectivity index (χ2v) is 5.66. The summed E-state index contributed by atoms with van der Waals surface area (Å²) in [6.07, 6.45) is 3.97. The van der Waals surface area contributed by atoms with E-state index in [4.69, 9.17) is 10.4 Å². The van der Waals surface area contributed by atoms with E-state index in [2.05, 4.69) is 29.0 Å². The van der Waals surface area contributed by atoms with Crippen LogP contribution >= 0.6 is 0 Å². The lowest BCUT2D eigenvalue weighted by atomic mass is 9.90. The van der Waals surface area contributed by atoms with Gasteiger partial charge in [-0.25, -0.2) is 0 Å². The molecule has 3 nitrogen and oxygen atoms in total. The van der Waals surface area contributed by atoms with Gasteiger partial charge >= 0.3 is 0 Å². The van der Waals surface area contributed by atoms with Gasteiger partial charge in [0.2, 0.25) is 0 Å². The highest BCUT2D eigenvalue weighted by molar-refractivity contribution is 5.80. The van der Waals surface area contributed by atoms with Crippen molar-refractivity contribution < 1.29 is 5.11 Å². The molecule has 1 aromatic carbocycles. The lowest BCUT2D eigenvalue weighted by Crippen LogP contribution is -2.09. The molecule has 0 unspecified atom stereocenters. The minimum atomic E-state index is -0.243. The van der Waals surface area contributed by atoms with Crippen molar-refractivity contribution in [3.8, 4) is 6.07 Å². The monoisotopic (exact) mass is 256 g/mol. The van der Waals surface area contributed by atoms with Crippen LogP contribution in [0.1, 0.15) is 32.3 Å². The summed E-state index contributed by atoms with van der Waals surface area (Å²) in [4.78, 5) is 0. The Labute approximate surface area is 114 Å². The number of aryl methyl sites for hydroxylation is 1. The van der Waals surface area contributed by atoms with Crippen molar-refractivity contribution in [3.63, 3.8) is 0 Å². The highest BCUT2D eigenvalue weighted by Gasteiger charge is 2.15. The Morgan fingerprint density at radius 1 is 1.32 bits per heavy atom. The number of benzene rings is 1. The van der Waals surface area contributed by atoms with Gasteiger partial charge in [-0.05, 0) is 55.8 Å². The van der Waals surface area contributed by atoms with Gasteiger partial charge in [0, 0.05) is 18.3 Å². The number of nitrogens with zero attached hydrogens (tertiary/aromatic N) is 2. The van der Waals surface area contributed by atoms with E-state index in [1.54, 1.807) is 0 Å². The van der Waals surface area contributed by atoms with E-state index in [-0.39, 0.29) is 12.0 Å². The van der Waals surface area contributed by atoms with Crippen molar-refractivity contribution in [1.29, 1.82) is 5.26 Å². The molecule has 0 bridgehead atoms. The molecule has 1 N–H and O–H groups in total. The zero-order valence-corrected chi connectivity index (χ0v) is 11.6. The Morgan fingerprint density at radius 2 is 2.11 bits per heavy atom. The van der Waals surface area contributed by atoms with Crippen molar-refractivity contribution >= 4 is 10.9 Å². The summed E-state index contributed by atoms with van der Waals surface area (Å²) in [5.41, 5.74) is 1.88. The fraction of sp³-hybridized carbons (Fsp3) is 0.438. The Bertz CT molecular complexity index is 605. The number of fused-ring (bicyclic) bond motifs is 1. The Balaban J connectivity index is 2.08. The van der Waals surface area contributed by atoms with E-state index in [0.717, 1.165) is 30.3 Å². The molecule has 2 aromatic rings. The highest BCUT2D eigenvalue weighted by atomic mass is 16.3. The van der Waals surface area contributed by atoms with Crippen molar-refractivity contribution in [2.75, 3.05) is 0 Å². The maximum atomic E-state index is 9.12. The largest absolute Gasteiger partial charge is 0.392 e. The molecule has 0 saturated carbocycles. The molecule has 0 aliphatic heterocycles. The second kappa shape index (κ2) is 5.46. The first-order chi connectivity index (χ1) is 9.05. The third kappa shape index (κ3) is 3.15. The fourth-order valence-corrected chi connectivity index (χ4v) is 2.29. The fourth-order valence-electron chi connectivity index (χ4n) is 2.29. The van der Waals surface area contributed by atoms with Crippen LogP contribution in [-0.2, 0) is 13.2 Å². The van der Waals surface area contributed by atoms with Gasteiger partial charge in [0.25, 0.3) is 0 Å². The maximum absolute atomic E-state index is 9.12. The molecule has 0 fully saturated rings. The molecule has 0 saturated heterocycles. The van der Waals surface area contributed by atoms with E-state index in [0.29, 0.717) is 0 Å². The van der Waals surface area contributed by atoms with Gasteiger partial charge in [-0.3, -0.25) is 0 Å². The van der Waals surface area contributed by atoms with Crippen LogP contribution in [0.5, 0.6) is 0 Å². The van der Waals surface area contributed by atoms with Crippen molar-refractivity contribution in [3.05, 3.63) is 36.0 Å². The molecule has 1 heterocycles. The number of aromatic nitrogens is 1. The quantitative estimate of drug-likeness (QED) is 0.890. The first-order valence-corrected chi connectivity index (χ1v) is 6.66. The summed E-state index contributed by atoms with van der Waals surface area (Å²) in [7, 11) is 0. The maximum Gasteiger partial charge on any atom is 0.0683 e. The molecule has 0 atom stereocenters. The average Bonchev–Trinajstić information content (AvgIpc) is 2.81. The lowest BCUT2D eigenvalue weighted by molar-refractivity contribution is 0.282. The molecule has 100 valence electrons. The van der Waals surface area contributed by atoms with Crippen LogP contribution in [-0.4, -0.2) is 9.67 Å². The molecule has 0 aliphatic rings. The number of hydrogen-bond donors (Lipinski definition) is 1. The van der Waals surface area contributed by atoms with Gasteiger partial charge in [0.05, 0.1) is 18.1 Å². The Hall–Kier alpha value is -1.79. The van der Waals surface area contributed by atoms with E-state index >= 15 is 0 Å². The first-order valence-electron chi connectivity index (χ1n) is 6.66. The Kier molecular flexibility index (Phi) is 3.92. The van der Waals surface area contributed by atoms with Gasteiger partial charge in [-0.15, -0.1) is 0 Å². The van der Waals surface area contributed by atoms with E-state index in [1.807, 2.05) is 26.0 Å². The van der Waals surface area contributed by atoms with Crippen LogP contribution in [0.3, 0.4) is 0 Å². The minimum Gasteiger partial charge on any atom is -0.392 e. The molecule has 0 radical (unpaired) electrons. The summed E-state index contributed by atoms with van der Waals surface area (Å²) in [6.45, 7) is 4.97. The topological polar surface area (TPSA) is 49.0 Å². The van der Waals surface area contributed by atoms with Gasteiger partial charge in [0.1, 0.15) is 0 Å². The first kappa shape index (κ1) is 13.6. The minimum absolute atomic E-state index is 0.0808. The molecule has 0 spiro atoms. The summed E-state index contributed by atoms with van der Waals surface area (Å²) in [5.74, 6) is 0. The summed E-state index contributed by atoms with van der Waals surface area (Å²) >= 11 is 0. The standard InChI is InChI=1S/C16H20N2O/c1-16(2,12-17)7-3-8-18-9-6-14-10-13(11-19)4-5-15(14)18/h4-6,9-10,19H,3,7-8,11H2,1-2H3. The number of aliphatic hydroxyl groups is 1. The molecule has 1 aromatic heterocycles. The van der Waals surface area contributed by atoms with Gasteiger partial charge < -0.3 is 9.67 Å². The van der Waals surface area contributed by atoms with E-state index in [9.17, 15) is 0 Å². The van der Waals surface area contributed by atoms with Crippen molar-refractivity contribution in [2.24, 2.45) is 5.41 Å². The predicted molar refractivity (Wildman–Crippen MR) is 76.5 cm³/mol. The van der Waals surface area contributed by atoms with Crippen molar-refractivity contribution in [1.82, 2.24) is 4.57 Å². The number of nitriles is 1. The van der Waals surface area contributed by atoms with Crippen LogP contribution in [0.4, 0.5) is 0 Å². The lowest BCUT2D eigenvalue weighted by Gasteiger charge is -2.15.